The van der Waals surface area contributed by atoms with E-state index in [0.717, 1.165) is 5.56 Å². The molecular weight excluding hydrogens is 238 g/mol. The molecule has 3 nitrogen and oxygen atoms in total. The quantitative estimate of drug-likeness (QED) is 0.670. The molecule has 2 N–H and O–H groups in total. The lowest BCUT2D eigenvalue weighted by molar-refractivity contribution is 0.0998. The van der Waals surface area contributed by atoms with Crippen LogP contribution in [0.15, 0.2) is 60.7 Å². The number of hydrogen-bond acceptors (Lipinski definition) is 2. The molecule has 1 amide bonds. The van der Waals surface area contributed by atoms with Crippen molar-refractivity contribution in [3.05, 3.63) is 77.4 Å². The average molecular weight is 251 g/mol. The number of allylic oxidation sites excluding steroid dienone is 1. The lowest BCUT2D eigenvalue weighted by Gasteiger charge is -1.97. The number of rotatable bonds is 4. The Morgan fingerprint density at radius 2 is 1.47 bits per heavy atom. The maximum Gasteiger partial charge on any atom is 0.248 e. The van der Waals surface area contributed by atoms with Crippen molar-refractivity contribution >= 4 is 17.8 Å². The molecule has 0 fully saturated rings. The van der Waals surface area contributed by atoms with Crippen molar-refractivity contribution in [2.24, 2.45) is 5.73 Å². The normalized spacial score (nSPS) is 10.5. The first kappa shape index (κ1) is 12.8. The molecule has 2 aromatic rings. The molecule has 2 rings (SSSR count). The minimum Gasteiger partial charge on any atom is -0.366 e. The Labute approximate surface area is 111 Å². The molecule has 94 valence electrons. The number of nitrogens with two attached hydrogens (primary N) is 1. The Morgan fingerprint density at radius 3 is 2.05 bits per heavy atom. The second-order valence-corrected chi connectivity index (χ2v) is 4.05. The van der Waals surface area contributed by atoms with E-state index in [1.165, 1.54) is 6.08 Å². The van der Waals surface area contributed by atoms with E-state index in [1.54, 1.807) is 42.5 Å². The number of carbonyl (C=O) groups excluding carboxylic acids is 2. The van der Waals surface area contributed by atoms with Gasteiger partial charge in [-0.05, 0) is 23.8 Å². The highest BCUT2D eigenvalue weighted by Crippen LogP contribution is 2.07. The van der Waals surface area contributed by atoms with Crippen LogP contribution in [0.25, 0.3) is 6.08 Å². The summed E-state index contributed by atoms with van der Waals surface area (Å²) in [5.74, 6) is -0.518. The number of hydrogen-bond donors (Lipinski definition) is 1. The molecule has 0 atom stereocenters. The Morgan fingerprint density at radius 1 is 0.842 bits per heavy atom. The summed E-state index contributed by atoms with van der Waals surface area (Å²) < 4.78 is 0. The van der Waals surface area contributed by atoms with Crippen LogP contribution in [-0.4, -0.2) is 11.7 Å². The lowest BCUT2D eigenvalue weighted by Crippen LogP contribution is -2.10. The van der Waals surface area contributed by atoms with Gasteiger partial charge in [0.2, 0.25) is 5.91 Å². The third kappa shape index (κ3) is 3.39. The second kappa shape index (κ2) is 5.78. The summed E-state index contributed by atoms with van der Waals surface area (Å²) in [7, 11) is 0. The van der Waals surface area contributed by atoms with Crippen LogP contribution in [-0.2, 0) is 0 Å². The standard InChI is InChI=1S/C16H13NO2/c17-16(19)14-9-6-12(7-10-14)8-11-15(18)13-4-2-1-3-5-13/h1-11H,(H2,17,19)/b11-8+. The van der Waals surface area contributed by atoms with E-state index >= 15 is 0 Å². The molecule has 0 radical (unpaired) electrons. The minimum absolute atomic E-state index is 0.0559. The fraction of sp³-hybridized carbons (Fsp3) is 0. The first-order chi connectivity index (χ1) is 9.16. The van der Waals surface area contributed by atoms with E-state index in [0.29, 0.717) is 11.1 Å². The fourth-order valence-electron chi connectivity index (χ4n) is 1.63. The monoisotopic (exact) mass is 251 g/mol. The predicted molar refractivity (Wildman–Crippen MR) is 74.8 cm³/mol. The molecule has 0 bridgehead atoms. The van der Waals surface area contributed by atoms with E-state index in [2.05, 4.69) is 0 Å². The van der Waals surface area contributed by atoms with Crippen LogP contribution >= 0.6 is 0 Å². The van der Waals surface area contributed by atoms with Gasteiger partial charge in [0.05, 0.1) is 0 Å². The van der Waals surface area contributed by atoms with Gasteiger partial charge in [0.25, 0.3) is 0 Å². The molecule has 2 aromatic carbocycles. The lowest BCUT2D eigenvalue weighted by atomic mass is 10.1. The van der Waals surface area contributed by atoms with Crippen molar-refractivity contribution in [3.8, 4) is 0 Å². The smallest absolute Gasteiger partial charge is 0.248 e. The molecule has 0 aromatic heterocycles. The van der Waals surface area contributed by atoms with Crippen molar-refractivity contribution in [2.45, 2.75) is 0 Å². The first-order valence-corrected chi connectivity index (χ1v) is 5.84. The Balaban J connectivity index is 2.10. The average Bonchev–Trinajstić information content (AvgIpc) is 2.46. The van der Waals surface area contributed by atoms with E-state index in [1.807, 2.05) is 18.2 Å². The summed E-state index contributed by atoms with van der Waals surface area (Å²) >= 11 is 0. The number of primary amides is 1. The van der Waals surface area contributed by atoms with E-state index in [-0.39, 0.29) is 5.78 Å². The van der Waals surface area contributed by atoms with Crippen LogP contribution in [0.5, 0.6) is 0 Å². The van der Waals surface area contributed by atoms with Gasteiger partial charge in [-0.2, -0.15) is 0 Å². The van der Waals surface area contributed by atoms with Gasteiger partial charge in [-0.15, -0.1) is 0 Å². The zero-order chi connectivity index (χ0) is 13.7. The van der Waals surface area contributed by atoms with Crippen molar-refractivity contribution in [3.63, 3.8) is 0 Å². The van der Waals surface area contributed by atoms with E-state index in [4.69, 9.17) is 5.73 Å². The number of amides is 1. The summed E-state index contributed by atoms with van der Waals surface area (Å²) in [4.78, 5) is 22.7. The largest absolute Gasteiger partial charge is 0.366 e. The van der Waals surface area contributed by atoms with Crippen LogP contribution < -0.4 is 5.73 Å². The summed E-state index contributed by atoms with van der Waals surface area (Å²) in [5, 5.41) is 0. The van der Waals surface area contributed by atoms with Crippen LogP contribution in [0.1, 0.15) is 26.3 Å². The first-order valence-electron chi connectivity index (χ1n) is 5.84. The SMILES string of the molecule is NC(=O)c1ccc(/C=C/C(=O)c2ccccc2)cc1. The molecule has 0 saturated carbocycles. The van der Waals surface area contributed by atoms with Gasteiger partial charge in [-0.1, -0.05) is 48.5 Å². The molecule has 0 heterocycles. The molecule has 0 aliphatic heterocycles. The molecule has 0 aliphatic rings. The number of benzene rings is 2. The fourth-order valence-corrected chi connectivity index (χ4v) is 1.63. The van der Waals surface area contributed by atoms with E-state index < -0.39 is 5.91 Å². The van der Waals surface area contributed by atoms with Crippen LogP contribution in [0.4, 0.5) is 0 Å². The van der Waals surface area contributed by atoms with Crippen LogP contribution in [0.2, 0.25) is 0 Å². The third-order valence-electron chi connectivity index (χ3n) is 2.68. The molecule has 19 heavy (non-hydrogen) atoms. The highest BCUT2D eigenvalue weighted by atomic mass is 16.1. The van der Waals surface area contributed by atoms with Crippen molar-refractivity contribution in [1.82, 2.24) is 0 Å². The van der Waals surface area contributed by atoms with Gasteiger partial charge >= 0.3 is 0 Å². The highest BCUT2D eigenvalue weighted by molar-refractivity contribution is 6.06. The number of ketones is 1. The second-order valence-electron chi connectivity index (χ2n) is 4.05. The molecule has 3 heteroatoms. The maximum absolute atomic E-state index is 11.8. The highest BCUT2D eigenvalue weighted by Gasteiger charge is 2.00. The summed E-state index contributed by atoms with van der Waals surface area (Å²) in [6.45, 7) is 0. The Bertz CT molecular complexity index is 613. The molecule has 0 spiro atoms. The Kier molecular flexibility index (Phi) is 3.88. The summed E-state index contributed by atoms with van der Waals surface area (Å²) in [5.41, 5.74) is 7.09. The van der Waals surface area contributed by atoms with Gasteiger partial charge in [0.1, 0.15) is 0 Å². The zero-order valence-corrected chi connectivity index (χ0v) is 10.2. The van der Waals surface area contributed by atoms with Gasteiger partial charge in [0, 0.05) is 11.1 Å². The van der Waals surface area contributed by atoms with Gasteiger partial charge in [-0.25, -0.2) is 0 Å². The number of carbonyl (C=O) groups is 2. The van der Waals surface area contributed by atoms with E-state index in [9.17, 15) is 9.59 Å². The Hall–Kier alpha value is -2.68. The van der Waals surface area contributed by atoms with Crippen molar-refractivity contribution in [1.29, 1.82) is 0 Å². The van der Waals surface area contributed by atoms with Gasteiger partial charge < -0.3 is 5.73 Å². The maximum atomic E-state index is 11.8. The summed E-state index contributed by atoms with van der Waals surface area (Å²) in [6, 6.07) is 15.8. The molecule has 0 saturated heterocycles. The molecular formula is C16H13NO2. The topological polar surface area (TPSA) is 60.2 Å². The minimum atomic E-state index is -0.462. The summed E-state index contributed by atoms with van der Waals surface area (Å²) in [6.07, 6.45) is 3.22. The predicted octanol–water partition coefficient (Wildman–Crippen LogP) is 2.68. The molecule has 0 aliphatic carbocycles. The molecule has 0 unspecified atom stereocenters. The zero-order valence-electron chi connectivity index (χ0n) is 10.2. The van der Waals surface area contributed by atoms with Crippen LogP contribution in [0.3, 0.4) is 0 Å². The third-order valence-corrected chi connectivity index (χ3v) is 2.68. The van der Waals surface area contributed by atoms with Crippen LogP contribution in [0, 0.1) is 0 Å². The van der Waals surface area contributed by atoms with Gasteiger partial charge in [0.15, 0.2) is 5.78 Å². The van der Waals surface area contributed by atoms with Crippen molar-refractivity contribution in [2.75, 3.05) is 0 Å². The van der Waals surface area contributed by atoms with Crippen molar-refractivity contribution < 1.29 is 9.59 Å². The van der Waals surface area contributed by atoms with Gasteiger partial charge in [-0.3, -0.25) is 9.59 Å².